The van der Waals surface area contributed by atoms with Gasteiger partial charge in [-0.2, -0.15) is 11.8 Å². The van der Waals surface area contributed by atoms with Crippen molar-refractivity contribution in [1.29, 1.82) is 0 Å². The maximum Gasteiger partial charge on any atom is 0.252 e. The second-order valence-corrected chi connectivity index (χ2v) is 6.86. The van der Waals surface area contributed by atoms with Crippen molar-refractivity contribution in [2.45, 2.75) is 18.6 Å². The van der Waals surface area contributed by atoms with Gasteiger partial charge >= 0.3 is 0 Å². The number of amides is 1. The minimum atomic E-state index is -0.0945. The molecule has 0 saturated carbocycles. The molecule has 0 aliphatic rings. The predicted octanol–water partition coefficient (Wildman–Crippen LogP) is 3.33. The normalized spacial score (nSPS) is 11.2. The SMILES string of the molecule is COc1ccc(Br)c(C(=O)NCC(C)(C)SC)c1. The summed E-state index contributed by atoms with van der Waals surface area (Å²) in [5.74, 6) is 0.579. The maximum absolute atomic E-state index is 12.1. The van der Waals surface area contributed by atoms with Crippen LogP contribution in [0.3, 0.4) is 0 Å². The Morgan fingerprint density at radius 1 is 1.50 bits per heavy atom. The van der Waals surface area contributed by atoms with Crippen LogP contribution in [-0.2, 0) is 0 Å². The van der Waals surface area contributed by atoms with Crippen LogP contribution < -0.4 is 10.1 Å². The number of carbonyl (C=O) groups excluding carboxylic acids is 1. The minimum absolute atomic E-state index is 0.0288. The first-order chi connectivity index (χ1) is 8.39. The monoisotopic (exact) mass is 331 g/mol. The highest BCUT2D eigenvalue weighted by Gasteiger charge is 2.18. The first-order valence-corrected chi connectivity index (χ1v) is 7.58. The number of nitrogens with one attached hydrogen (secondary N) is 1. The molecule has 1 rings (SSSR count). The van der Waals surface area contributed by atoms with Crippen LogP contribution in [0.5, 0.6) is 5.75 Å². The molecule has 0 aliphatic carbocycles. The predicted molar refractivity (Wildman–Crippen MR) is 80.6 cm³/mol. The number of thioether (sulfide) groups is 1. The zero-order valence-electron chi connectivity index (χ0n) is 11.0. The molecule has 1 N–H and O–H groups in total. The minimum Gasteiger partial charge on any atom is -0.497 e. The number of ether oxygens (including phenoxy) is 1. The lowest BCUT2D eigenvalue weighted by Crippen LogP contribution is -2.36. The zero-order chi connectivity index (χ0) is 13.8. The van der Waals surface area contributed by atoms with Crippen molar-refractivity contribution in [3.63, 3.8) is 0 Å². The van der Waals surface area contributed by atoms with E-state index in [0.29, 0.717) is 17.9 Å². The number of halogens is 1. The molecule has 0 atom stereocenters. The van der Waals surface area contributed by atoms with Crippen molar-refractivity contribution in [1.82, 2.24) is 5.32 Å². The van der Waals surface area contributed by atoms with Gasteiger partial charge < -0.3 is 10.1 Å². The summed E-state index contributed by atoms with van der Waals surface area (Å²) in [6, 6.07) is 5.35. The molecule has 3 nitrogen and oxygen atoms in total. The Labute approximate surface area is 121 Å². The summed E-state index contributed by atoms with van der Waals surface area (Å²) in [4.78, 5) is 12.1. The average molecular weight is 332 g/mol. The van der Waals surface area contributed by atoms with E-state index >= 15 is 0 Å². The Bertz CT molecular complexity index is 435. The van der Waals surface area contributed by atoms with Gasteiger partial charge in [0.15, 0.2) is 0 Å². The summed E-state index contributed by atoms with van der Waals surface area (Å²) in [7, 11) is 1.59. The Hall–Kier alpha value is -0.680. The van der Waals surface area contributed by atoms with Crippen LogP contribution in [0.2, 0.25) is 0 Å². The number of carbonyl (C=O) groups is 1. The van der Waals surface area contributed by atoms with E-state index in [1.807, 2.05) is 18.4 Å². The molecule has 18 heavy (non-hydrogen) atoms. The van der Waals surface area contributed by atoms with Crippen molar-refractivity contribution in [2.75, 3.05) is 19.9 Å². The molecule has 0 fully saturated rings. The van der Waals surface area contributed by atoms with Gasteiger partial charge in [-0.25, -0.2) is 0 Å². The van der Waals surface area contributed by atoms with Gasteiger partial charge in [0.25, 0.3) is 5.91 Å². The lowest BCUT2D eigenvalue weighted by atomic mass is 10.1. The molecule has 0 unspecified atom stereocenters. The summed E-state index contributed by atoms with van der Waals surface area (Å²) in [6.45, 7) is 4.81. The van der Waals surface area contributed by atoms with Gasteiger partial charge in [-0.3, -0.25) is 4.79 Å². The van der Waals surface area contributed by atoms with E-state index in [-0.39, 0.29) is 10.7 Å². The fourth-order valence-electron chi connectivity index (χ4n) is 1.27. The van der Waals surface area contributed by atoms with Crippen LogP contribution in [0, 0.1) is 0 Å². The third-order valence-electron chi connectivity index (χ3n) is 2.65. The maximum atomic E-state index is 12.1. The largest absolute Gasteiger partial charge is 0.497 e. The van der Waals surface area contributed by atoms with Crippen molar-refractivity contribution in [3.8, 4) is 5.75 Å². The highest BCUT2D eigenvalue weighted by Crippen LogP contribution is 2.23. The van der Waals surface area contributed by atoms with Gasteiger partial charge in [0, 0.05) is 15.8 Å². The van der Waals surface area contributed by atoms with E-state index < -0.39 is 0 Å². The molecule has 1 aromatic carbocycles. The van der Waals surface area contributed by atoms with Crippen LogP contribution in [-0.4, -0.2) is 30.6 Å². The second-order valence-electron chi connectivity index (χ2n) is 4.49. The van der Waals surface area contributed by atoms with Gasteiger partial charge in [0.1, 0.15) is 5.75 Å². The van der Waals surface area contributed by atoms with Crippen molar-refractivity contribution >= 4 is 33.6 Å². The van der Waals surface area contributed by atoms with E-state index in [9.17, 15) is 4.79 Å². The van der Waals surface area contributed by atoms with E-state index in [2.05, 4.69) is 35.1 Å². The van der Waals surface area contributed by atoms with Crippen LogP contribution in [0.4, 0.5) is 0 Å². The van der Waals surface area contributed by atoms with Gasteiger partial charge in [-0.15, -0.1) is 0 Å². The van der Waals surface area contributed by atoms with Gasteiger partial charge in [0.2, 0.25) is 0 Å². The lowest BCUT2D eigenvalue weighted by Gasteiger charge is -2.22. The number of rotatable bonds is 5. The fourth-order valence-corrected chi connectivity index (χ4v) is 1.91. The smallest absolute Gasteiger partial charge is 0.252 e. The number of benzene rings is 1. The third-order valence-corrected chi connectivity index (χ3v) is 4.59. The Morgan fingerprint density at radius 3 is 2.72 bits per heavy atom. The Balaban J connectivity index is 2.78. The lowest BCUT2D eigenvalue weighted by molar-refractivity contribution is 0.0949. The molecule has 0 aliphatic heterocycles. The van der Waals surface area contributed by atoms with E-state index in [1.54, 1.807) is 24.9 Å². The molecular weight excluding hydrogens is 314 g/mol. The Morgan fingerprint density at radius 2 is 2.17 bits per heavy atom. The summed E-state index contributed by atoms with van der Waals surface area (Å²) in [5, 5.41) is 2.94. The molecule has 5 heteroatoms. The van der Waals surface area contributed by atoms with Crippen LogP contribution >= 0.6 is 27.7 Å². The summed E-state index contributed by atoms with van der Waals surface area (Å²) >= 11 is 5.10. The Kier molecular flexibility index (Phi) is 5.53. The van der Waals surface area contributed by atoms with Gasteiger partial charge in [-0.1, -0.05) is 0 Å². The fraction of sp³-hybridized carbons (Fsp3) is 0.462. The third kappa shape index (κ3) is 4.21. The molecule has 0 heterocycles. The standard InChI is InChI=1S/C13H18BrNO2S/c1-13(2,18-4)8-15-12(16)10-7-9(17-3)5-6-11(10)14/h5-7H,8H2,1-4H3,(H,15,16). The van der Waals surface area contributed by atoms with Crippen molar-refractivity contribution in [2.24, 2.45) is 0 Å². The van der Waals surface area contributed by atoms with Crippen molar-refractivity contribution < 1.29 is 9.53 Å². The van der Waals surface area contributed by atoms with Gasteiger partial charge in [0.05, 0.1) is 12.7 Å². The van der Waals surface area contributed by atoms with Gasteiger partial charge in [-0.05, 0) is 54.2 Å². The molecule has 100 valence electrons. The zero-order valence-corrected chi connectivity index (χ0v) is 13.4. The summed E-state index contributed by atoms with van der Waals surface area (Å²) in [6.07, 6.45) is 2.04. The molecular formula is C13H18BrNO2S. The second kappa shape index (κ2) is 6.48. The van der Waals surface area contributed by atoms with Crippen LogP contribution in [0.25, 0.3) is 0 Å². The first-order valence-electron chi connectivity index (χ1n) is 5.56. The van der Waals surface area contributed by atoms with Crippen LogP contribution in [0.15, 0.2) is 22.7 Å². The summed E-state index contributed by atoms with van der Waals surface area (Å²) < 4.78 is 5.92. The van der Waals surface area contributed by atoms with Crippen LogP contribution in [0.1, 0.15) is 24.2 Å². The molecule has 1 amide bonds. The molecule has 1 aromatic rings. The number of hydrogen-bond donors (Lipinski definition) is 1. The molecule has 0 aromatic heterocycles. The molecule has 0 saturated heterocycles. The summed E-state index contributed by atoms with van der Waals surface area (Å²) in [5.41, 5.74) is 0.589. The number of hydrogen-bond acceptors (Lipinski definition) is 3. The first kappa shape index (κ1) is 15.4. The van der Waals surface area contributed by atoms with E-state index in [4.69, 9.17) is 4.74 Å². The average Bonchev–Trinajstić information content (AvgIpc) is 2.36. The van der Waals surface area contributed by atoms with E-state index in [1.165, 1.54) is 0 Å². The molecule has 0 spiro atoms. The van der Waals surface area contributed by atoms with Crippen molar-refractivity contribution in [3.05, 3.63) is 28.2 Å². The number of methoxy groups -OCH3 is 1. The van der Waals surface area contributed by atoms with E-state index in [0.717, 1.165) is 4.47 Å². The highest BCUT2D eigenvalue weighted by atomic mass is 79.9. The molecule has 0 radical (unpaired) electrons. The topological polar surface area (TPSA) is 38.3 Å². The quantitative estimate of drug-likeness (QED) is 0.899. The molecule has 0 bridgehead atoms. The highest BCUT2D eigenvalue weighted by molar-refractivity contribution is 9.10.